The molecule has 0 aromatic heterocycles. The van der Waals surface area contributed by atoms with E-state index < -0.39 is 0 Å². The first-order valence-corrected chi connectivity index (χ1v) is 5.66. The number of allylic oxidation sites excluding steroid dienone is 1. The first kappa shape index (κ1) is 12.2. The van der Waals surface area contributed by atoms with Crippen LogP contribution in [0.15, 0.2) is 34.3 Å². The third kappa shape index (κ3) is 3.63. The lowest BCUT2D eigenvalue weighted by atomic mass is 9.86. The lowest BCUT2D eigenvalue weighted by molar-refractivity contribution is -0.105. The molecule has 80 valence electrons. The molecule has 0 aliphatic heterocycles. The molecular formula is C13H15BrO. The molecule has 2 heteroatoms. The van der Waals surface area contributed by atoms with Crippen LogP contribution < -0.4 is 0 Å². The quantitative estimate of drug-likeness (QED) is 0.583. The van der Waals surface area contributed by atoms with Gasteiger partial charge in [0.25, 0.3) is 0 Å². The highest BCUT2D eigenvalue weighted by atomic mass is 79.9. The molecule has 1 nitrogen and oxygen atoms in total. The van der Waals surface area contributed by atoms with E-state index in [2.05, 4.69) is 15.9 Å². The van der Waals surface area contributed by atoms with Gasteiger partial charge in [0.15, 0.2) is 0 Å². The number of hydrogen-bond acceptors (Lipinski definition) is 1. The summed E-state index contributed by atoms with van der Waals surface area (Å²) in [6, 6.07) is 7.91. The molecule has 1 rings (SSSR count). The zero-order valence-electron chi connectivity index (χ0n) is 9.25. The lowest BCUT2D eigenvalue weighted by Crippen LogP contribution is -2.10. The average Bonchev–Trinajstić information content (AvgIpc) is 2.15. The number of aldehydes is 1. The number of carbonyl (C=O) groups is 1. The molecule has 0 aliphatic carbocycles. The summed E-state index contributed by atoms with van der Waals surface area (Å²) < 4.78 is 1.04. The van der Waals surface area contributed by atoms with Crippen molar-refractivity contribution in [3.05, 3.63) is 39.9 Å². The molecule has 0 bridgehead atoms. The van der Waals surface area contributed by atoms with Gasteiger partial charge < -0.3 is 0 Å². The normalized spacial score (nSPS) is 12.7. The maximum Gasteiger partial charge on any atom is 0.146 e. The first-order valence-electron chi connectivity index (χ1n) is 4.86. The zero-order chi connectivity index (χ0) is 11.5. The summed E-state index contributed by atoms with van der Waals surface area (Å²) in [6.07, 6.45) is 2.86. The summed E-state index contributed by atoms with van der Waals surface area (Å²) in [5, 5.41) is 0. The van der Waals surface area contributed by atoms with Crippen LogP contribution in [0.2, 0.25) is 0 Å². The minimum absolute atomic E-state index is 0.102. The van der Waals surface area contributed by atoms with Gasteiger partial charge in [0, 0.05) is 4.47 Å². The fraction of sp³-hybridized carbons (Fsp3) is 0.308. The van der Waals surface area contributed by atoms with Crippen molar-refractivity contribution in [3.8, 4) is 0 Å². The lowest BCUT2D eigenvalue weighted by Gasteiger charge is -2.18. The Morgan fingerprint density at radius 3 is 2.13 bits per heavy atom. The van der Waals surface area contributed by atoms with Crippen LogP contribution in [-0.4, -0.2) is 6.29 Å². The van der Waals surface area contributed by atoms with Crippen LogP contribution in [0, 0.1) is 5.41 Å². The van der Waals surface area contributed by atoms with Crippen molar-refractivity contribution in [1.29, 1.82) is 0 Å². The molecule has 0 spiro atoms. The Labute approximate surface area is 99.3 Å². The topological polar surface area (TPSA) is 17.1 Å². The van der Waals surface area contributed by atoms with E-state index in [-0.39, 0.29) is 5.41 Å². The maximum atomic E-state index is 10.9. The highest BCUT2D eigenvalue weighted by Crippen LogP contribution is 2.25. The molecule has 15 heavy (non-hydrogen) atoms. The number of halogens is 1. The van der Waals surface area contributed by atoms with Crippen molar-refractivity contribution in [3.63, 3.8) is 0 Å². The van der Waals surface area contributed by atoms with Crippen LogP contribution >= 0.6 is 15.9 Å². The minimum Gasteiger partial charge on any atom is -0.298 e. The number of hydrogen-bond donors (Lipinski definition) is 0. The summed E-state index contributed by atoms with van der Waals surface area (Å²) in [5.74, 6) is 0. The van der Waals surface area contributed by atoms with E-state index in [4.69, 9.17) is 0 Å². The number of carbonyl (C=O) groups excluding carboxylic acids is 1. The minimum atomic E-state index is -0.102. The average molecular weight is 267 g/mol. The van der Waals surface area contributed by atoms with Crippen LogP contribution in [-0.2, 0) is 4.79 Å². The van der Waals surface area contributed by atoms with Gasteiger partial charge >= 0.3 is 0 Å². The molecule has 0 heterocycles. The highest BCUT2D eigenvalue weighted by Gasteiger charge is 2.15. The van der Waals surface area contributed by atoms with E-state index in [1.54, 1.807) is 0 Å². The monoisotopic (exact) mass is 266 g/mol. The second kappa shape index (κ2) is 4.75. The Bertz CT molecular complexity index is 369. The van der Waals surface area contributed by atoms with Crippen molar-refractivity contribution < 1.29 is 4.79 Å². The zero-order valence-corrected chi connectivity index (χ0v) is 10.8. The van der Waals surface area contributed by atoms with Crippen LogP contribution in [0.1, 0.15) is 26.3 Å². The Morgan fingerprint density at radius 1 is 1.20 bits per heavy atom. The predicted molar refractivity (Wildman–Crippen MR) is 67.6 cm³/mol. The molecule has 0 N–H and O–H groups in total. The highest BCUT2D eigenvalue weighted by molar-refractivity contribution is 9.10. The fourth-order valence-corrected chi connectivity index (χ4v) is 1.43. The smallest absolute Gasteiger partial charge is 0.146 e. The number of rotatable bonds is 2. The third-order valence-corrected chi connectivity index (χ3v) is 2.71. The summed E-state index contributed by atoms with van der Waals surface area (Å²) >= 11 is 3.38. The number of benzene rings is 1. The van der Waals surface area contributed by atoms with Crippen molar-refractivity contribution >= 4 is 28.3 Å². The largest absolute Gasteiger partial charge is 0.298 e. The SMILES string of the molecule is CC(C)(C)/C(C=O)=C/c1ccc(Br)cc1. The molecule has 0 radical (unpaired) electrons. The summed E-state index contributed by atoms with van der Waals surface area (Å²) in [6.45, 7) is 6.10. The molecule has 0 amide bonds. The maximum absolute atomic E-state index is 10.9. The van der Waals surface area contributed by atoms with Gasteiger partial charge in [-0.2, -0.15) is 0 Å². The molecular weight excluding hydrogens is 252 g/mol. The van der Waals surface area contributed by atoms with E-state index in [9.17, 15) is 4.79 Å². The van der Waals surface area contributed by atoms with Gasteiger partial charge in [0.1, 0.15) is 6.29 Å². The first-order chi connectivity index (χ1) is 6.93. The molecule has 0 fully saturated rings. The van der Waals surface area contributed by atoms with Crippen LogP contribution in [0.3, 0.4) is 0 Å². The Hall–Kier alpha value is -0.890. The molecule has 1 aromatic rings. The Kier molecular flexibility index (Phi) is 3.86. The van der Waals surface area contributed by atoms with E-state index in [1.165, 1.54) is 0 Å². The van der Waals surface area contributed by atoms with Gasteiger partial charge in [-0.15, -0.1) is 0 Å². The van der Waals surface area contributed by atoms with Gasteiger partial charge in [-0.25, -0.2) is 0 Å². The fourth-order valence-electron chi connectivity index (χ4n) is 1.17. The molecule has 0 atom stereocenters. The summed E-state index contributed by atoms with van der Waals surface area (Å²) in [4.78, 5) is 10.9. The van der Waals surface area contributed by atoms with Gasteiger partial charge in [-0.3, -0.25) is 4.79 Å². The van der Waals surface area contributed by atoms with Crippen molar-refractivity contribution in [1.82, 2.24) is 0 Å². The molecule has 0 aliphatic rings. The summed E-state index contributed by atoms with van der Waals surface area (Å²) in [7, 11) is 0. The molecule has 1 aromatic carbocycles. The van der Waals surface area contributed by atoms with Crippen molar-refractivity contribution in [2.45, 2.75) is 20.8 Å². The van der Waals surface area contributed by atoms with Crippen molar-refractivity contribution in [2.75, 3.05) is 0 Å². The molecule has 0 unspecified atom stereocenters. The standard InChI is InChI=1S/C13H15BrO/c1-13(2,3)11(9-15)8-10-4-6-12(14)7-5-10/h4-9H,1-3H3/b11-8+. The predicted octanol–water partition coefficient (Wildman–Crippen LogP) is 4.08. The van der Waals surface area contributed by atoms with Crippen LogP contribution in [0.5, 0.6) is 0 Å². The van der Waals surface area contributed by atoms with E-state index in [1.807, 2.05) is 51.1 Å². The van der Waals surface area contributed by atoms with Crippen LogP contribution in [0.4, 0.5) is 0 Å². The second-order valence-corrected chi connectivity index (χ2v) is 5.43. The van der Waals surface area contributed by atoms with E-state index in [0.717, 1.165) is 21.9 Å². The Balaban J connectivity index is 3.04. The van der Waals surface area contributed by atoms with Gasteiger partial charge in [0.2, 0.25) is 0 Å². The van der Waals surface area contributed by atoms with Crippen LogP contribution in [0.25, 0.3) is 6.08 Å². The van der Waals surface area contributed by atoms with Gasteiger partial charge in [-0.1, -0.05) is 48.8 Å². The molecule has 0 saturated carbocycles. The third-order valence-electron chi connectivity index (χ3n) is 2.19. The van der Waals surface area contributed by atoms with E-state index in [0.29, 0.717) is 0 Å². The van der Waals surface area contributed by atoms with Gasteiger partial charge in [-0.05, 0) is 34.8 Å². The van der Waals surface area contributed by atoms with Crippen molar-refractivity contribution in [2.24, 2.45) is 5.41 Å². The summed E-state index contributed by atoms with van der Waals surface area (Å²) in [5.41, 5.74) is 1.76. The Morgan fingerprint density at radius 2 is 1.73 bits per heavy atom. The second-order valence-electron chi connectivity index (χ2n) is 4.52. The van der Waals surface area contributed by atoms with E-state index >= 15 is 0 Å². The molecule has 0 saturated heterocycles. The van der Waals surface area contributed by atoms with Gasteiger partial charge in [0.05, 0.1) is 0 Å².